The summed E-state index contributed by atoms with van der Waals surface area (Å²) in [5.41, 5.74) is 2.55. The molecule has 0 aliphatic carbocycles. The van der Waals surface area contributed by atoms with Gasteiger partial charge in [0.1, 0.15) is 16.5 Å². The Hall–Kier alpha value is -1.68. The molecular weight excluding hydrogens is 252 g/mol. The number of halogens is 1. The summed E-state index contributed by atoms with van der Waals surface area (Å²) in [6.45, 7) is 1.90. The van der Waals surface area contributed by atoms with E-state index in [9.17, 15) is 0 Å². The molecule has 2 aromatic rings. The van der Waals surface area contributed by atoms with Crippen LogP contribution in [0, 0.1) is 6.92 Å². The summed E-state index contributed by atoms with van der Waals surface area (Å²) in [6, 6.07) is 5.62. The van der Waals surface area contributed by atoms with Crippen LogP contribution in [0.5, 0.6) is 11.6 Å². The molecule has 0 aromatic carbocycles. The number of methoxy groups -OCH3 is 2. The van der Waals surface area contributed by atoms with Crippen LogP contribution in [-0.2, 0) is 7.05 Å². The van der Waals surface area contributed by atoms with Crippen molar-refractivity contribution in [3.63, 3.8) is 0 Å². The van der Waals surface area contributed by atoms with E-state index < -0.39 is 0 Å². The SMILES string of the molecule is COc1cc(C)nc(OC)c1-c1ccc(Cl)n1C. The molecular formula is C13H15ClN2O2. The molecule has 0 aliphatic heterocycles. The van der Waals surface area contributed by atoms with Gasteiger partial charge < -0.3 is 14.0 Å². The first kappa shape index (κ1) is 12.8. The molecule has 2 rings (SSSR count). The predicted molar refractivity (Wildman–Crippen MR) is 71.5 cm³/mol. The highest BCUT2D eigenvalue weighted by atomic mass is 35.5. The highest BCUT2D eigenvalue weighted by molar-refractivity contribution is 6.30. The summed E-state index contributed by atoms with van der Waals surface area (Å²) in [6.07, 6.45) is 0. The van der Waals surface area contributed by atoms with Gasteiger partial charge in [0.05, 0.1) is 19.9 Å². The van der Waals surface area contributed by atoms with Gasteiger partial charge in [-0.1, -0.05) is 11.6 Å². The average molecular weight is 267 g/mol. The van der Waals surface area contributed by atoms with E-state index >= 15 is 0 Å². The molecule has 0 bridgehead atoms. The molecule has 0 fully saturated rings. The Morgan fingerprint density at radius 1 is 1.22 bits per heavy atom. The second-order valence-corrected chi connectivity index (χ2v) is 4.34. The number of hydrogen-bond donors (Lipinski definition) is 0. The lowest BCUT2D eigenvalue weighted by atomic mass is 10.1. The van der Waals surface area contributed by atoms with E-state index in [-0.39, 0.29) is 0 Å². The van der Waals surface area contributed by atoms with Crippen molar-refractivity contribution in [1.82, 2.24) is 9.55 Å². The van der Waals surface area contributed by atoms with Crippen molar-refractivity contribution >= 4 is 11.6 Å². The third kappa shape index (κ3) is 2.04. The van der Waals surface area contributed by atoms with Crippen LogP contribution in [0.2, 0.25) is 5.15 Å². The normalized spacial score (nSPS) is 10.5. The lowest BCUT2D eigenvalue weighted by Crippen LogP contribution is -2.00. The van der Waals surface area contributed by atoms with Crippen LogP contribution in [-0.4, -0.2) is 23.8 Å². The molecule has 4 nitrogen and oxygen atoms in total. The zero-order chi connectivity index (χ0) is 13.3. The van der Waals surface area contributed by atoms with Crippen molar-refractivity contribution in [2.75, 3.05) is 14.2 Å². The van der Waals surface area contributed by atoms with Crippen molar-refractivity contribution in [2.45, 2.75) is 6.92 Å². The van der Waals surface area contributed by atoms with E-state index in [4.69, 9.17) is 21.1 Å². The van der Waals surface area contributed by atoms with Crippen molar-refractivity contribution < 1.29 is 9.47 Å². The molecule has 0 spiro atoms. The standard InChI is InChI=1S/C13H15ClN2O2/c1-8-7-10(17-3)12(13(15-8)18-4)9-5-6-11(14)16(9)2/h5-7H,1-4H3. The zero-order valence-corrected chi connectivity index (χ0v) is 11.6. The third-order valence-electron chi connectivity index (χ3n) is 2.81. The largest absolute Gasteiger partial charge is 0.496 e. The molecule has 2 heterocycles. The average Bonchev–Trinajstić information content (AvgIpc) is 2.69. The van der Waals surface area contributed by atoms with E-state index in [0.29, 0.717) is 11.0 Å². The Bertz CT molecular complexity index is 553. The van der Waals surface area contributed by atoms with Crippen molar-refractivity contribution in [3.05, 3.63) is 29.0 Å². The Morgan fingerprint density at radius 2 is 1.94 bits per heavy atom. The number of aromatic nitrogens is 2. The fraction of sp³-hybridized carbons (Fsp3) is 0.308. The number of nitrogens with zero attached hydrogens (tertiary/aromatic N) is 2. The molecule has 5 heteroatoms. The van der Waals surface area contributed by atoms with Crippen molar-refractivity contribution in [1.29, 1.82) is 0 Å². The van der Waals surface area contributed by atoms with Gasteiger partial charge in [-0.15, -0.1) is 0 Å². The maximum absolute atomic E-state index is 6.06. The number of hydrogen-bond acceptors (Lipinski definition) is 3. The van der Waals surface area contributed by atoms with Gasteiger partial charge in [0.15, 0.2) is 0 Å². The molecule has 18 heavy (non-hydrogen) atoms. The van der Waals surface area contributed by atoms with E-state index in [0.717, 1.165) is 22.7 Å². The van der Waals surface area contributed by atoms with E-state index in [1.54, 1.807) is 14.2 Å². The van der Waals surface area contributed by atoms with Crippen LogP contribution in [0.25, 0.3) is 11.3 Å². The summed E-state index contributed by atoms with van der Waals surface area (Å²) >= 11 is 6.06. The third-order valence-corrected chi connectivity index (χ3v) is 3.19. The monoisotopic (exact) mass is 266 g/mol. The maximum Gasteiger partial charge on any atom is 0.226 e. The van der Waals surface area contributed by atoms with Crippen molar-refractivity contribution in [3.8, 4) is 22.9 Å². The molecule has 0 radical (unpaired) electrons. The number of pyridine rings is 1. The van der Waals surface area contributed by atoms with E-state index in [1.807, 2.05) is 36.7 Å². The number of rotatable bonds is 3. The summed E-state index contributed by atoms with van der Waals surface area (Å²) in [4.78, 5) is 4.37. The topological polar surface area (TPSA) is 36.3 Å². The van der Waals surface area contributed by atoms with E-state index in [2.05, 4.69) is 4.98 Å². The number of aryl methyl sites for hydroxylation is 1. The molecule has 0 aliphatic rings. The lowest BCUT2D eigenvalue weighted by molar-refractivity contribution is 0.383. The van der Waals surface area contributed by atoms with Gasteiger partial charge in [-0.3, -0.25) is 0 Å². The van der Waals surface area contributed by atoms with Crippen LogP contribution >= 0.6 is 11.6 Å². The molecule has 2 aromatic heterocycles. The van der Waals surface area contributed by atoms with Crippen LogP contribution in [0.4, 0.5) is 0 Å². The molecule has 0 N–H and O–H groups in total. The predicted octanol–water partition coefficient (Wildman–Crippen LogP) is 3.07. The molecule has 0 saturated heterocycles. The van der Waals surface area contributed by atoms with Gasteiger partial charge in [-0.2, -0.15) is 0 Å². The molecule has 0 saturated carbocycles. The minimum atomic E-state index is 0.532. The molecule has 0 amide bonds. The van der Waals surface area contributed by atoms with Gasteiger partial charge >= 0.3 is 0 Å². The van der Waals surface area contributed by atoms with Crippen LogP contribution in [0.15, 0.2) is 18.2 Å². The van der Waals surface area contributed by atoms with E-state index in [1.165, 1.54) is 0 Å². The minimum absolute atomic E-state index is 0.532. The Morgan fingerprint density at radius 3 is 2.44 bits per heavy atom. The second kappa shape index (κ2) is 4.90. The van der Waals surface area contributed by atoms with Crippen molar-refractivity contribution in [2.24, 2.45) is 7.05 Å². The van der Waals surface area contributed by atoms with Gasteiger partial charge in [0.25, 0.3) is 0 Å². The van der Waals surface area contributed by atoms with Crippen LogP contribution in [0.1, 0.15) is 5.69 Å². The summed E-state index contributed by atoms with van der Waals surface area (Å²) < 4.78 is 12.6. The Balaban J connectivity index is 2.72. The Labute approximate surface area is 111 Å². The Kier molecular flexibility index (Phi) is 3.48. The minimum Gasteiger partial charge on any atom is -0.496 e. The molecule has 96 valence electrons. The summed E-state index contributed by atoms with van der Waals surface area (Å²) in [7, 11) is 5.11. The first-order valence-electron chi connectivity index (χ1n) is 5.49. The summed E-state index contributed by atoms with van der Waals surface area (Å²) in [5.74, 6) is 1.25. The van der Waals surface area contributed by atoms with Gasteiger partial charge in [0, 0.05) is 18.8 Å². The molecule has 0 atom stereocenters. The summed E-state index contributed by atoms with van der Waals surface area (Å²) in [5, 5.41) is 0.648. The van der Waals surface area contributed by atoms with Gasteiger partial charge in [0.2, 0.25) is 5.88 Å². The zero-order valence-electron chi connectivity index (χ0n) is 10.8. The smallest absolute Gasteiger partial charge is 0.226 e. The van der Waals surface area contributed by atoms with Crippen LogP contribution in [0.3, 0.4) is 0 Å². The fourth-order valence-electron chi connectivity index (χ4n) is 1.90. The second-order valence-electron chi connectivity index (χ2n) is 3.95. The first-order valence-corrected chi connectivity index (χ1v) is 5.87. The first-order chi connectivity index (χ1) is 8.58. The highest BCUT2D eigenvalue weighted by Crippen LogP contribution is 2.38. The number of ether oxygens (including phenoxy) is 2. The van der Waals surface area contributed by atoms with Crippen LogP contribution < -0.4 is 9.47 Å². The van der Waals surface area contributed by atoms with Gasteiger partial charge in [-0.25, -0.2) is 4.98 Å². The lowest BCUT2D eigenvalue weighted by Gasteiger charge is -2.14. The van der Waals surface area contributed by atoms with Gasteiger partial charge in [-0.05, 0) is 19.1 Å². The highest BCUT2D eigenvalue weighted by Gasteiger charge is 2.18. The molecule has 0 unspecified atom stereocenters. The maximum atomic E-state index is 6.06. The fourth-order valence-corrected chi connectivity index (χ4v) is 2.05. The quantitative estimate of drug-likeness (QED) is 0.857.